The molecule has 40 heavy (non-hydrogen) atoms. The van der Waals surface area contributed by atoms with Crippen LogP contribution in [0.4, 0.5) is 5.69 Å². The van der Waals surface area contributed by atoms with Gasteiger partial charge < -0.3 is 10.2 Å². The van der Waals surface area contributed by atoms with Gasteiger partial charge in [-0.15, -0.1) is 0 Å². The lowest BCUT2D eigenvalue weighted by molar-refractivity contribution is -0.140. The van der Waals surface area contributed by atoms with Crippen LogP contribution in [0.25, 0.3) is 0 Å². The van der Waals surface area contributed by atoms with Gasteiger partial charge in [0.15, 0.2) is 0 Å². The first-order valence-corrected chi connectivity index (χ1v) is 15.4. The SMILES string of the molecule is CCCNC(=O)C(CC)N(Cc1ccc(Cl)cc1Cl)C(=O)CN(c1ccccc1Cl)S(=O)(=O)c1ccc(C)cc1. The highest BCUT2D eigenvalue weighted by atomic mass is 35.5. The van der Waals surface area contributed by atoms with Crippen LogP contribution in [0.1, 0.15) is 37.8 Å². The van der Waals surface area contributed by atoms with E-state index in [1.807, 2.05) is 13.8 Å². The molecule has 2 amide bonds. The van der Waals surface area contributed by atoms with Crippen molar-refractivity contribution in [3.63, 3.8) is 0 Å². The Morgan fingerprint density at radius 1 is 0.925 bits per heavy atom. The summed E-state index contributed by atoms with van der Waals surface area (Å²) in [5.74, 6) is -0.936. The van der Waals surface area contributed by atoms with Crippen molar-refractivity contribution < 1.29 is 18.0 Å². The van der Waals surface area contributed by atoms with Gasteiger partial charge in [0.2, 0.25) is 11.8 Å². The molecule has 0 fully saturated rings. The minimum atomic E-state index is -4.22. The number of rotatable bonds is 12. The smallest absolute Gasteiger partial charge is 0.264 e. The topological polar surface area (TPSA) is 86.8 Å². The van der Waals surface area contributed by atoms with Crippen molar-refractivity contribution in [2.75, 3.05) is 17.4 Å². The van der Waals surface area contributed by atoms with Gasteiger partial charge in [-0.05, 0) is 61.7 Å². The Balaban J connectivity index is 2.08. The summed E-state index contributed by atoms with van der Waals surface area (Å²) in [7, 11) is -4.22. The number of hydrogen-bond donors (Lipinski definition) is 1. The summed E-state index contributed by atoms with van der Waals surface area (Å²) < 4.78 is 28.8. The number of para-hydroxylation sites is 1. The van der Waals surface area contributed by atoms with E-state index in [1.165, 1.54) is 23.1 Å². The van der Waals surface area contributed by atoms with Crippen LogP contribution in [0.2, 0.25) is 15.1 Å². The highest BCUT2D eigenvalue weighted by Crippen LogP contribution is 2.31. The molecule has 0 aliphatic carbocycles. The minimum Gasteiger partial charge on any atom is -0.354 e. The van der Waals surface area contributed by atoms with E-state index in [4.69, 9.17) is 34.8 Å². The fourth-order valence-electron chi connectivity index (χ4n) is 4.12. The summed E-state index contributed by atoms with van der Waals surface area (Å²) in [6.07, 6.45) is 1.01. The van der Waals surface area contributed by atoms with Gasteiger partial charge in [0, 0.05) is 23.1 Å². The van der Waals surface area contributed by atoms with Crippen LogP contribution in [-0.2, 0) is 26.2 Å². The maximum Gasteiger partial charge on any atom is 0.264 e. The third-order valence-electron chi connectivity index (χ3n) is 6.30. The molecule has 0 aromatic heterocycles. The van der Waals surface area contributed by atoms with Gasteiger partial charge in [-0.3, -0.25) is 13.9 Å². The lowest BCUT2D eigenvalue weighted by atomic mass is 10.1. The molecule has 0 bridgehead atoms. The standard InChI is InChI=1S/C29H32Cl3N3O4S/c1-4-16-33-29(37)26(5-2)34(18-21-12-13-22(30)17-25(21)32)28(36)19-35(27-9-7-6-8-24(27)31)40(38,39)23-14-10-20(3)11-15-23/h6-15,17,26H,4-5,16,18-19H2,1-3H3,(H,33,37). The Kier molecular flexibility index (Phi) is 11.3. The molecule has 7 nitrogen and oxygen atoms in total. The zero-order valence-electron chi connectivity index (χ0n) is 22.5. The second-order valence-electron chi connectivity index (χ2n) is 9.25. The molecule has 3 aromatic rings. The number of nitrogens with one attached hydrogen (secondary N) is 1. The number of benzene rings is 3. The quantitative estimate of drug-likeness (QED) is 0.250. The summed E-state index contributed by atoms with van der Waals surface area (Å²) >= 11 is 18.9. The van der Waals surface area contributed by atoms with E-state index in [-0.39, 0.29) is 28.1 Å². The van der Waals surface area contributed by atoms with Crippen LogP contribution >= 0.6 is 34.8 Å². The number of hydrogen-bond acceptors (Lipinski definition) is 4. The Hall–Kier alpha value is -2.78. The van der Waals surface area contributed by atoms with Crippen molar-refractivity contribution >= 4 is 62.3 Å². The van der Waals surface area contributed by atoms with Gasteiger partial charge in [-0.2, -0.15) is 0 Å². The molecular formula is C29H32Cl3N3O4S. The Bertz CT molecular complexity index is 1450. The molecule has 214 valence electrons. The largest absolute Gasteiger partial charge is 0.354 e. The zero-order chi connectivity index (χ0) is 29.4. The average Bonchev–Trinajstić information content (AvgIpc) is 2.92. The van der Waals surface area contributed by atoms with Crippen LogP contribution in [-0.4, -0.2) is 44.3 Å². The van der Waals surface area contributed by atoms with E-state index >= 15 is 0 Å². The van der Waals surface area contributed by atoms with E-state index in [1.54, 1.807) is 55.5 Å². The fraction of sp³-hybridized carbons (Fsp3) is 0.310. The number of halogens is 3. The van der Waals surface area contributed by atoms with Gasteiger partial charge in [0.1, 0.15) is 12.6 Å². The van der Waals surface area contributed by atoms with Crippen molar-refractivity contribution in [3.8, 4) is 0 Å². The first-order valence-electron chi connectivity index (χ1n) is 12.8. The highest BCUT2D eigenvalue weighted by molar-refractivity contribution is 7.92. The highest BCUT2D eigenvalue weighted by Gasteiger charge is 2.34. The maximum absolute atomic E-state index is 14.1. The van der Waals surface area contributed by atoms with E-state index in [2.05, 4.69) is 5.32 Å². The molecule has 3 aromatic carbocycles. The number of amides is 2. The van der Waals surface area contributed by atoms with Crippen molar-refractivity contribution in [2.24, 2.45) is 0 Å². The summed E-state index contributed by atoms with van der Waals surface area (Å²) in [5, 5.41) is 3.75. The number of nitrogens with zero attached hydrogens (tertiary/aromatic N) is 2. The summed E-state index contributed by atoms with van der Waals surface area (Å²) in [6.45, 7) is 5.37. The molecule has 1 unspecified atom stereocenters. The summed E-state index contributed by atoms with van der Waals surface area (Å²) in [5.41, 5.74) is 1.59. The molecule has 0 spiro atoms. The number of sulfonamides is 1. The molecule has 0 heterocycles. The molecule has 1 atom stereocenters. The van der Waals surface area contributed by atoms with Crippen molar-refractivity contribution in [1.29, 1.82) is 0 Å². The molecule has 1 N–H and O–H groups in total. The van der Waals surface area contributed by atoms with E-state index < -0.39 is 28.5 Å². The molecule has 0 aliphatic heterocycles. The summed E-state index contributed by atoms with van der Waals surface area (Å²) in [4.78, 5) is 28.6. The predicted molar refractivity (Wildman–Crippen MR) is 162 cm³/mol. The van der Waals surface area contributed by atoms with Crippen LogP contribution in [0.15, 0.2) is 71.6 Å². The molecule has 0 saturated heterocycles. The van der Waals surface area contributed by atoms with Crippen LogP contribution in [0.5, 0.6) is 0 Å². The first-order chi connectivity index (χ1) is 19.0. The normalized spacial score (nSPS) is 12.1. The second kappa shape index (κ2) is 14.2. The number of aryl methyl sites for hydroxylation is 1. The lowest BCUT2D eigenvalue weighted by Gasteiger charge is -2.33. The third-order valence-corrected chi connectivity index (χ3v) is 8.98. The number of carbonyl (C=O) groups excluding carboxylic acids is 2. The van der Waals surface area contributed by atoms with Crippen molar-refractivity contribution in [2.45, 2.75) is 51.1 Å². The van der Waals surface area contributed by atoms with Gasteiger partial charge in [0.05, 0.1) is 15.6 Å². The van der Waals surface area contributed by atoms with Crippen LogP contribution < -0.4 is 9.62 Å². The Morgan fingerprint density at radius 2 is 1.60 bits per heavy atom. The Labute approximate surface area is 251 Å². The maximum atomic E-state index is 14.1. The van der Waals surface area contributed by atoms with Gasteiger partial charge in [-0.25, -0.2) is 8.42 Å². The number of anilines is 1. The third kappa shape index (κ3) is 7.69. The fourth-order valence-corrected chi connectivity index (χ4v) is 6.31. The van der Waals surface area contributed by atoms with E-state index in [9.17, 15) is 18.0 Å². The minimum absolute atomic E-state index is 0.00541. The van der Waals surface area contributed by atoms with E-state index in [0.29, 0.717) is 35.0 Å². The van der Waals surface area contributed by atoms with Crippen LogP contribution in [0, 0.1) is 6.92 Å². The predicted octanol–water partition coefficient (Wildman–Crippen LogP) is 6.48. The summed E-state index contributed by atoms with van der Waals surface area (Å²) in [6, 6.07) is 16.7. The molecule has 0 aliphatic rings. The second-order valence-corrected chi connectivity index (χ2v) is 12.4. The van der Waals surface area contributed by atoms with Crippen LogP contribution in [0.3, 0.4) is 0 Å². The molecule has 0 radical (unpaired) electrons. The molecular weight excluding hydrogens is 593 g/mol. The lowest BCUT2D eigenvalue weighted by Crippen LogP contribution is -2.52. The van der Waals surface area contributed by atoms with Gasteiger partial charge >= 0.3 is 0 Å². The van der Waals surface area contributed by atoms with Gasteiger partial charge in [0.25, 0.3) is 10.0 Å². The van der Waals surface area contributed by atoms with E-state index in [0.717, 1.165) is 9.87 Å². The molecule has 11 heteroatoms. The van der Waals surface area contributed by atoms with Gasteiger partial charge in [-0.1, -0.05) is 84.5 Å². The molecule has 0 saturated carbocycles. The van der Waals surface area contributed by atoms with Crippen molar-refractivity contribution in [1.82, 2.24) is 10.2 Å². The monoisotopic (exact) mass is 623 g/mol. The first kappa shape index (κ1) is 31.7. The molecule has 3 rings (SSSR count). The number of carbonyl (C=O) groups is 2. The average molecular weight is 625 g/mol. The van der Waals surface area contributed by atoms with Crippen molar-refractivity contribution in [3.05, 3.63) is 92.9 Å². The Morgan fingerprint density at radius 3 is 2.20 bits per heavy atom. The zero-order valence-corrected chi connectivity index (χ0v) is 25.6.